The molecular formula is C31H26Cl2N4O4. The summed E-state index contributed by atoms with van der Waals surface area (Å²) in [5.41, 5.74) is 3.63. The van der Waals surface area contributed by atoms with Gasteiger partial charge in [0.05, 0.1) is 36.6 Å². The molecule has 0 radical (unpaired) electrons. The van der Waals surface area contributed by atoms with Gasteiger partial charge in [0, 0.05) is 23.2 Å². The van der Waals surface area contributed by atoms with E-state index >= 15 is 0 Å². The lowest BCUT2D eigenvalue weighted by Crippen LogP contribution is -2.12. The molecule has 0 fully saturated rings. The van der Waals surface area contributed by atoms with Gasteiger partial charge in [-0.25, -0.2) is 4.68 Å². The van der Waals surface area contributed by atoms with Crippen LogP contribution in [0.2, 0.25) is 10.0 Å². The van der Waals surface area contributed by atoms with Crippen molar-refractivity contribution in [3.63, 3.8) is 0 Å². The van der Waals surface area contributed by atoms with E-state index in [-0.39, 0.29) is 11.9 Å². The molecule has 1 amide bonds. The number of hydrogen-bond acceptors (Lipinski definition) is 6. The van der Waals surface area contributed by atoms with Crippen LogP contribution in [0.1, 0.15) is 15.9 Å². The minimum Gasteiger partial charge on any atom is -0.497 e. The SMILES string of the molecule is COc1ccc(CCOc2nc(-c3ccc(Cl)c(Cl)c3)n(-c3ccc(NC(=O)c4cccc(OC)c4)cc3)n2)cc1. The molecule has 8 nitrogen and oxygen atoms in total. The summed E-state index contributed by atoms with van der Waals surface area (Å²) in [6, 6.07) is 27.5. The van der Waals surface area contributed by atoms with Gasteiger partial charge in [0.15, 0.2) is 5.82 Å². The fraction of sp³-hybridized carbons (Fsp3) is 0.129. The molecule has 0 aliphatic rings. The normalized spacial score (nSPS) is 10.7. The van der Waals surface area contributed by atoms with E-state index in [4.69, 9.17) is 37.4 Å². The van der Waals surface area contributed by atoms with Gasteiger partial charge >= 0.3 is 6.01 Å². The van der Waals surface area contributed by atoms with Gasteiger partial charge in [-0.1, -0.05) is 41.4 Å². The second-order valence-corrected chi connectivity index (χ2v) is 9.75. The zero-order valence-electron chi connectivity index (χ0n) is 22.3. The Morgan fingerprint density at radius 1 is 0.854 bits per heavy atom. The molecule has 0 saturated heterocycles. The Morgan fingerprint density at radius 3 is 2.32 bits per heavy atom. The molecule has 10 heteroatoms. The van der Waals surface area contributed by atoms with Gasteiger partial charge in [0.1, 0.15) is 11.5 Å². The second-order valence-electron chi connectivity index (χ2n) is 8.94. The van der Waals surface area contributed by atoms with Crippen LogP contribution in [-0.4, -0.2) is 41.5 Å². The van der Waals surface area contributed by atoms with Gasteiger partial charge in [-0.05, 0) is 78.4 Å². The number of nitrogens with one attached hydrogen (secondary N) is 1. The van der Waals surface area contributed by atoms with E-state index in [0.717, 1.165) is 11.3 Å². The minimum atomic E-state index is -0.249. The average Bonchev–Trinajstić information content (AvgIpc) is 3.43. The second kappa shape index (κ2) is 12.8. The first-order chi connectivity index (χ1) is 19.9. The maximum absolute atomic E-state index is 12.7. The van der Waals surface area contributed by atoms with Crippen LogP contribution >= 0.6 is 23.2 Å². The molecule has 1 aromatic heterocycles. The van der Waals surface area contributed by atoms with Gasteiger partial charge in [-0.15, -0.1) is 5.10 Å². The molecule has 0 saturated carbocycles. The Kier molecular flexibility index (Phi) is 8.72. The van der Waals surface area contributed by atoms with E-state index in [1.165, 1.54) is 0 Å². The van der Waals surface area contributed by atoms with E-state index in [9.17, 15) is 4.79 Å². The number of nitrogens with zero attached hydrogens (tertiary/aromatic N) is 3. The number of anilines is 1. The molecule has 0 atom stereocenters. The average molecular weight is 589 g/mol. The number of aromatic nitrogens is 3. The molecule has 208 valence electrons. The number of benzene rings is 4. The van der Waals surface area contributed by atoms with E-state index in [0.29, 0.717) is 57.1 Å². The number of methoxy groups -OCH3 is 2. The zero-order chi connectivity index (χ0) is 28.8. The highest BCUT2D eigenvalue weighted by Crippen LogP contribution is 2.30. The van der Waals surface area contributed by atoms with Crippen molar-refractivity contribution in [2.75, 3.05) is 26.1 Å². The van der Waals surface area contributed by atoms with Gasteiger partial charge in [-0.2, -0.15) is 4.98 Å². The highest BCUT2D eigenvalue weighted by molar-refractivity contribution is 6.42. The molecule has 41 heavy (non-hydrogen) atoms. The summed E-state index contributed by atoms with van der Waals surface area (Å²) in [5, 5.41) is 8.35. The van der Waals surface area contributed by atoms with Crippen LogP contribution in [0.4, 0.5) is 5.69 Å². The smallest absolute Gasteiger partial charge is 0.336 e. The maximum Gasteiger partial charge on any atom is 0.336 e. The lowest BCUT2D eigenvalue weighted by Gasteiger charge is -2.09. The predicted octanol–water partition coefficient (Wildman–Crippen LogP) is 7.13. The first kappa shape index (κ1) is 28.0. The molecular weight excluding hydrogens is 563 g/mol. The standard InChI is InChI=1S/C31H26Cl2N4O4/c1-39-25-13-6-20(7-14-25)16-17-41-31-35-29(21-8-15-27(32)28(33)19-21)37(36-31)24-11-9-23(10-12-24)34-30(38)22-4-3-5-26(18-22)40-2/h3-15,18-19H,16-17H2,1-2H3,(H,34,38). The summed E-state index contributed by atoms with van der Waals surface area (Å²) in [7, 11) is 3.20. The molecule has 4 aromatic carbocycles. The van der Waals surface area contributed by atoms with Crippen molar-refractivity contribution in [2.45, 2.75) is 6.42 Å². The summed E-state index contributed by atoms with van der Waals surface area (Å²) in [4.78, 5) is 17.4. The number of halogens is 2. The van der Waals surface area contributed by atoms with Crippen molar-refractivity contribution in [1.29, 1.82) is 0 Å². The third-order valence-corrected chi connectivity index (χ3v) is 6.99. The van der Waals surface area contributed by atoms with Crippen LogP contribution in [0.3, 0.4) is 0 Å². The minimum absolute atomic E-state index is 0.218. The Hall–Kier alpha value is -4.53. The molecule has 0 aliphatic carbocycles. The summed E-state index contributed by atoms with van der Waals surface area (Å²) in [6.45, 7) is 0.381. The number of amides is 1. The molecule has 0 spiro atoms. The fourth-order valence-electron chi connectivity index (χ4n) is 4.06. The first-order valence-electron chi connectivity index (χ1n) is 12.7. The lowest BCUT2D eigenvalue weighted by molar-refractivity contribution is 0.102. The van der Waals surface area contributed by atoms with Crippen molar-refractivity contribution in [3.8, 4) is 34.6 Å². The zero-order valence-corrected chi connectivity index (χ0v) is 23.8. The molecule has 0 aliphatic heterocycles. The largest absolute Gasteiger partial charge is 0.497 e. The molecule has 1 N–H and O–H groups in total. The lowest BCUT2D eigenvalue weighted by atomic mass is 10.1. The summed E-state index contributed by atoms with van der Waals surface area (Å²) in [6.07, 6.45) is 0.669. The van der Waals surface area contributed by atoms with Crippen LogP contribution in [0.5, 0.6) is 17.5 Å². The van der Waals surface area contributed by atoms with Gasteiger partial charge in [0.25, 0.3) is 5.91 Å². The third-order valence-electron chi connectivity index (χ3n) is 6.25. The Balaban J connectivity index is 1.36. The highest BCUT2D eigenvalue weighted by Gasteiger charge is 2.17. The van der Waals surface area contributed by atoms with Crippen LogP contribution in [0.15, 0.2) is 91.0 Å². The summed E-state index contributed by atoms with van der Waals surface area (Å²) >= 11 is 12.5. The first-order valence-corrected chi connectivity index (χ1v) is 13.4. The van der Waals surface area contributed by atoms with Crippen molar-refractivity contribution < 1.29 is 19.0 Å². The molecule has 5 rings (SSSR count). The summed E-state index contributed by atoms with van der Waals surface area (Å²) in [5.74, 6) is 1.68. The van der Waals surface area contributed by atoms with Gasteiger partial charge in [0.2, 0.25) is 0 Å². The monoisotopic (exact) mass is 588 g/mol. The van der Waals surface area contributed by atoms with Crippen LogP contribution in [0, 0.1) is 0 Å². The Labute approximate surface area is 247 Å². The summed E-state index contributed by atoms with van der Waals surface area (Å²) < 4.78 is 18.0. The van der Waals surface area contributed by atoms with Gasteiger partial charge in [-0.3, -0.25) is 4.79 Å². The Morgan fingerprint density at radius 2 is 1.61 bits per heavy atom. The van der Waals surface area contributed by atoms with Gasteiger partial charge < -0.3 is 19.5 Å². The van der Waals surface area contributed by atoms with Crippen molar-refractivity contribution >= 4 is 34.8 Å². The number of ether oxygens (including phenoxy) is 3. The number of carbonyl (C=O) groups excluding carboxylic acids is 1. The molecule has 0 bridgehead atoms. The van der Waals surface area contributed by atoms with E-state index in [1.807, 2.05) is 42.5 Å². The highest BCUT2D eigenvalue weighted by atomic mass is 35.5. The van der Waals surface area contributed by atoms with E-state index < -0.39 is 0 Å². The van der Waals surface area contributed by atoms with Crippen LogP contribution < -0.4 is 19.5 Å². The Bertz CT molecular complexity index is 1650. The maximum atomic E-state index is 12.7. The van der Waals surface area contributed by atoms with Crippen molar-refractivity contribution in [3.05, 3.63) is 112 Å². The number of hydrogen-bond donors (Lipinski definition) is 1. The molecule has 5 aromatic rings. The topological polar surface area (TPSA) is 87.5 Å². The predicted molar refractivity (Wildman–Crippen MR) is 160 cm³/mol. The van der Waals surface area contributed by atoms with Crippen molar-refractivity contribution in [2.24, 2.45) is 0 Å². The molecule has 1 heterocycles. The number of carbonyl (C=O) groups is 1. The third kappa shape index (κ3) is 6.80. The van der Waals surface area contributed by atoms with E-state index in [1.54, 1.807) is 67.4 Å². The van der Waals surface area contributed by atoms with Crippen LogP contribution in [0.25, 0.3) is 17.1 Å². The quantitative estimate of drug-likeness (QED) is 0.187. The van der Waals surface area contributed by atoms with Crippen LogP contribution in [-0.2, 0) is 6.42 Å². The molecule has 0 unspecified atom stereocenters. The van der Waals surface area contributed by atoms with E-state index in [2.05, 4.69) is 15.4 Å². The van der Waals surface area contributed by atoms with Crippen molar-refractivity contribution in [1.82, 2.24) is 14.8 Å². The fourth-order valence-corrected chi connectivity index (χ4v) is 4.36. The number of rotatable bonds is 10.